The minimum atomic E-state index is -0.0208. The number of benzene rings is 1. The zero-order chi connectivity index (χ0) is 14.5. The Bertz CT molecular complexity index is 765. The van der Waals surface area contributed by atoms with Crippen LogP contribution < -0.4 is 10.7 Å². The molecule has 3 rings (SSSR count). The normalized spacial score (nSPS) is 11.0. The second-order valence-electron chi connectivity index (χ2n) is 4.83. The maximum atomic E-state index is 11.7. The van der Waals surface area contributed by atoms with Crippen LogP contribution in [0.25, 0.3) is 10.9 Å². The first-order chi connectivity index (χ1) is 10.3. The molecule has 0 amide bonds. The zero-order valence-corrected chi connectivity index (χ0v) is 12.5. The van der Waals surface area contributed by atoms with Gasteiger partial charge in [-0.05, 0) is 30.0 Å². The van der Waals surface area contributed by atoms with Gasteiger partial charge in [0.05, 0.1) is 18.3 Å². The van der Waals surface area contributed by atoms with Gasteiger partial charge in [-0.25, -0.2) is 0 Å². The highest BCUT2D eigenvalue weighted by molar-refractivity contribution is 7.09. The standard InChI is InChI=1S/C16H17N3OS/c20-16-12-18-19(15-6-2-1-5-14(15)16)10-9-17-8-7-13-4-3-11-21-13/h1-6,11-12,17H,7-10H2. The molecule has 0 radical (unpaired) electrons. The molecule has 2 heterocycles. The van der Waals surface area contributed by atoms with Crippen LogP contribution in [0.2, 0.25) is 0 Å². The van der Waals surface area contributed by atoms with Gasteiger partial charge in [0.2, 0.25) is 5.43 Å². The van der Waals surface area contributed by atoms with Gasteiger partial charge in [0, 0.05) is 23.4 Å². The minimum absolute atomic E-state index is 0.0208. The van der Waals surface area contributed by atoms with E-state index in [4.69, 9.17) is 0 Å². The van der Waals surface area contributed by atoms with Crippen LogP contribution in [0.4, 0.5) is 0 Å². The van der Waals surface area contributed by atoms with Crippen molar-refractivity contribution in [3.8, 4) is 0 Å². The summed E-state index contributed by atoms with van der Waals surface area (Å²) in [4.78, 5) is 13.1. The van der Waals surface area contributed by atoms with Crippen LogP contribution in [-0.2, 0) is 13.0 Å². The third-order valence-electron chi connectivity index (χ3n) is 3.39. The fourth-order valence-electron chi connectivity index (χ4n) is 2.32. The Kier molecular flexibility index (Phi) is 4.43. The van der Waals surface area contributed by atoms with E-state index in [2.05, 4.69) is 27.9 Å². The monoisotopic (exact) mass is 299 g/mol. The fourth-order valence-corrected chi connectivity index (χ4v) is 3.02. The predicted molar refractivity (Wildman–Crippen MR) is 86.9 cm³/mol. The van der Waals surface area contributed by atoms with Crippen LogP contribution in [0.3, 0.4) is 0 Å². The molecule has 4 nitrogen and oxygen atoms in total. The quantitative estimate of drug-likeness (QED) is 0.710. The van der Waals surface area contributed by atoms with E-state index in [-0.39, 0.29) is 5.43 Å². The van der Waals surface area contributed by atoms with E-state index in [9.17, 15) is 4.79 Å². The van der Waals surface area contributed by atoms with Gasteiger partial charge in [-0.2, -0.15) is 5.10 Å². The third kappa shape index (κ3) is 3.37. The lowest BCUT2D eigenvalue weighted by Gasteiger charge is -2.09. The maximum Gasteiger partial charge on any atom is 0.207 e. The molecule has 21 heavy (non-hydrogen) atoms. The Labute approximate surface area is 127 Å². The summed E-state index contributed by atoms with van der Waals surface area (Å²) in [5.41, 5.74) is 0.873. The number of rotatable bonds is 6. The van der Waals surface area contributed by atoms with Crippen LogP contribution in [0.1, 0.15) is 4.88 Å². The van der Waals surface area contributed by atoms with Crippen molar-refractivity contribution in [1.29, 1.82) is 0 Å². The summed E-state index contributed by atoms with van der Waals surface area (Å²) in [6.07, 6.45) is 2.45. The molecule has 0 spiro atoms. The van der Waals surface area contributed by atoms with Crippen molar-refractivity contribution < 1.29 is 0 Å². The Balaban J connectivity index is 1.58. The number of nitrogens with one attached hydrogen (secondary N) is 1. The first-order valence-electron chi connectivity index (χ1n) is 7.02. The van der Waals surface area contributed by atoms with Crippen molar-refractivity contribution in [1.82, 2.24) is 15.1 Å². The second-order valence-corrected chi connectivity index (χ2v) is 5.86. The van der Waals surface area contributed by atoms with Crippen molar-refractivity contribution in [3.05, 3.63) is 63.1 Å². The lowest BCUT2D eigenvalue weighted by atomic mass is 10.2. The van der Waals surface area contributed by atoms with Crippen molar-refractivity contribution in [2.45, 2.75) is 13.0 Å². The molecule has 0 saturated carbocycles. The summed E-state index contributed by atoms with van der Waals surface area (Å²) in [6.45, 7) is 2.55. The Morgan fingerprint density at radius 2 is 2.05 bits per heavy atom. The highest BCUT2D eigenvalue weighted by Crippen LogP contribution is 2.08. The molecule has 1 aromatic carbocycles. The van der Waals surface area contributed by atoms with E-state index in [1.807, 2.05) is 28.9 Å². The topological polar surface area (TPSA) is 46.9 Å². The molecular formula is C16H17N3OS. The highest BCUT2D eigenvalue weighted by Gasteiger charge is 2.02. The van der Waals surface area contributed by atoms with Gasteiger partial charge in [0.1, 0.15) is 0 Å². The van der Waals surface area contributed by atoms with Gasteiger partial charge in [0.15, 0.2) is 0 Å². The lowest BCUT2D eigenvalue weighted by molar-refractivity contribution is 0.563. The van der Waals surface area contributed by atoms with E-state index in [1.165, 1.54) is 11.1 Å². The SMILES string of the molecule is O=c1cnn(CCNCCc2cccs2)c2ccccc12. The number of hydrogen-bond acceptors (Lipinski definition) is 4. The average molecular weight is 299 g/mol. The molecule has 0 unspecified atom stereocenters. The molecule has 108 valence electrons. The number of fused-ring (bicyclic) bond motifs is 1. The molecule has 0 atom stereocenters. The molecule has 2 aromatic heterocycles. The molecule has 0 aliphatic rings. The lowest BCUT2D eigenvalue weighted by Crippen LogP contribution is -2.24. The number of nitrogens with zero attached hydrogens (tertiary/aromatic N) is 2. The number of para-hydroxylation sites is 1. The molecule has 0 saturated heterocycles. The fraction of sp³-hybridized carbons (Fsp3) is 0.250. The summed E-state index contributed by atoms with van der Waals surface area (Å²) < 4.78 is 1.88. The molecule has 5 heteroatoms. The van der Waals surface area contributed by atoms with Crippen LogP contribution in [0, 0.1) is 0 Å². The molecule has 0 fully saturated rings. The van der Waals surface area contributed by atoms with Gasteiger partial charge < -0.3 is 5.32 Å². The smallest absolute Gasteiger partial charge is 0.207 e. The maximum absolute atomic E-state index is 11.7. The van der Waals surface area contributed by atoms with Gasteiger partial charge >= 0.3 is 0 Å². The Morgan fingerprint density at radius 3 is 2.90 bits per heavy atom. The largest absolute Gasteiger partial charge is 0.315 e. The van der Waals surface area contributed by atoms with Crippen molar-refractivity contribution in [3.63, 3.8) is 0 Å². The van der Waals surface area contributed by atoms with E-state index in [0.29, 0.717) is 0 Å². The van der Waals surface area contributed by atoms with Gasteiger partial charge in [0.25, 0.3) is 0 Å². The first-order valence-corrected chi connectivity index (χ1v) is 7.90. The molecule has 0 aliphatic carbocycles. The van der Waals surface area contributed by atoms with Crippen molar-refractivity contribution >= 4 is 22.2 Å². The Morgan fingerprint density at radius 1 is 1.14 bits per heavy atom. The van der Waals surface area contributed by atoms with Gasteiger partial charge in [-0.15, -0.1) is 11.3 Å². The van der Waals surface area contributed by atoms with Crippen LogP contribution in [-0.4, -0.2) is 22.9 Å². The van der Waals surface area contributed by atoms with Crippen LogP contribution in [0.5, 0.6) is 0 Å². The third-order valence-corrected chi connectivity index (χ3v) is 4.33. The van der Waals surface area contributed by atoms with Crippen molar-refractivity contribution in [2.24, 2.45) is 0 Å². The van der Waals surface area contributed by atoms with E-state index in [0.717, 1.165) is 37.0 Å². The van der Waals surface area contributed by atoms with Gasteiger partial charge in [-0.3, -0.25) is 9.48 Å². The second kappa shape index (κ2) is 6.65. The molecular weight excluding hydrogens is 282 g/mol. The number of aromatic nitrogens is 2. The summed E-state index contributed by atoms with van der Waals surface area (Å²) in [7, 11) is 0. The predicted octanol–water partition coefficient (Wildman–Crippen LogP) is 2.29. The zero-order valence-electron chi connectivity index (χ0n) is 11.7. The summed E-state index contributed by atoms with van der Waals surface area (Å²) in [6, 6.07) is 11.8. The Hall–Kier alpha value is -1.98. The molecule has 0 bridgehead atoms. The average Bonchev–Trinajstić information content (AvgIpc) is 3.03. The number of hydrogen-bond donors (Lipinski definition) is 1. The molecule has 3 aromatic rings. The van der Waals surface area contributed by atoms with Crippen LogP contribution in [0.15, 0.2) is 52.8 Å². The molecule has 1 N–H and O–H groups in total. The highest BCUT2D eigenvalue weighted by atomic mass is 32.1. The summed E-state index contributed by atoms with van der Waals surface area (Å²) >= 11 is 1.79. The molecule has 0 aliphatic heterocycles. The minimum Gasteiger partial charge on any atom is -0.315 e. The van der Waals surface area contributed by atoms with Gasteiger partial charge in [-0.1, -0.05) is 18.2 Å². The number of thiophene rings is 1. The van der Waals surface area contributed by atoms with Crippen molar-refractivity contribution in [2.75, 3.05) is 13.1 Å². The van der Waals surface area contributed by atoms with E-state index < -0.39 is 0 Å². The van der Waals surface area contributed by atoms with E-state index in [1.54, 1.807) is 11.3 Å². The first kappa shape index (κ1) is 14.0. The van der Waals surface area contributed by atoms with E-state index >= 15 is 0 Å². The summed E-state index contributed by atoms with van der Waals surface area (Å²) in [5, 5.41) is 10.5. The summed E-state index contributed by atoms with van der Waals surface area (Å²) in [5.74, 6) is 0. The van der Waals surface area contributed by atoms with Crippen LogP contribution >= 0.6 is 11.3 Å².